The van der Waals surface area contributed by atoms with Crippen molar-refractivity contribution in [3.8, 4) is 6.07 Å². The summed E-state index contributed by atoms with van der Waals surface area (Å²) >= 11 is 0. The minimum Gasteiger partial charge on any atom is -0.352 e. The average Bonchev–Trinajstić information content (AvgIpc) is 3.08. The van der Waals surface area contributed by atoms with E-state index in [-0.39, 0.29) is 24.3 Å². The molecule has 0 spiro atoms. The number of nitriles is 1. The summed E-state index contributed by atoms with van der Waals surface area (Å²) < 4.78 is 2.01. The van der Waals surface area contributed by atoms with Crippen molar-refractivity contribution >= 4 is 22.7 Å². The molecular formula is C14H13N7O. The molecule has 8 nitrogen and oxygen atoms in total. The molecule has 2 N–H and O–H groups in total. The molecule has 4 rings (SSSR count). The molecule has 0 saturated heterocycles. The molecule has 3 heterocycles. The predicted octanol–water partition coefficient (Wildman–Crippen LogP) is 0.881. The predicted molar refractivity (Wildman–Crippen MR) is 76.8 cm³/mol. The van der Waals surface area contributed by atoms with Crippen molar-refractivity contribution in [1.82, 2.24) is 29.9 Å². The van der Waals surface area contributed by atoms with Crippen LogP contribution in [0, 0.1) is 11.3 Å². The van der Waals surface area contributed by atoms with Gasteiger partial charge in [0.15, 0.2) is 11.3 Å². The standard InChI is InChI=1S/C14H13N7O/c15-3-1-12(22)18-9-5-8(6-9)14-20-19-11-7-17-13-10(21(11)14)2-4-16-13/h2,4,7-9,16H,1,5-6H2,(H,18,22)/t8-,9+. The number of amides is 1. The van der Waals surface area contributed by atoms with Crippen LogP contribution < -0.4 is 5.32 Å². The molecule has 22 heavy (non-hydrogen) atoms. The Morgan fingerprint density at radius 2 is 2.36 bits per heavy atom. The van der Waals surface area contributed by atoms with Gasteiger partial charge in [-0.25, -0.2) is 4.98 Å². The van der Waals surface area contributed by atoms with Gasteiger partial charge in [0.1, 0.15) is 12.2 Å². The Balaban J connectivity index is 1.58. The van der Waals surface area contributed by atoms with Gasteiger partial charge >= 0.3 is 0 Å². The molecule has 1 aliphatic rings. The molecule has 1 fully saturated rings. The fourth-order valence-corrected chi connectivity index (χ4v) is 2.96. The molecular weight excluding hydrogens is 282 g/mol. The van der Waals surface area contributed by atoms with Crippen molar-refractivity contribution in [3.05, 3.63) is 24.3 Å². The number of nitrogens with one attached hydrogen (secondary N) is 2. The van der Waals surface area contributed by atoms with Gasteiger partial charge in [0.05, 0.1) is 17.8 Å². The third-order valence-corrected chi connectivity index (χ3v) is 4.07. The van der Waals surface area contributed by atoms with Crippen molar-refractivity contribution in [2.75, 3.05) is 0 Å². The maximum Gasteiger partial charge on any atom is 0.234 e. The zero-order chi connectivity index (χ0) is 15.1. The number of aromatic nitrogens is 5. The molecule has 3 aromatic rings. The van der Waals surface area contributed by atoms with E-state index in [1.807, 2.05) is 22.7 Å². The highest BCUT2D eigenvalue weighted by Crippen LogP contribution is 2.36. The first-order chi connectivity index (χ1) is 10.8. The van der Waals surface area contributed by atoms with Gasteiger partial charge in [-0.1, -0.05) is 0 Å². The van der Waals surface area contributed by atoms with E-state index in [4.69, 9.17) is 5.26 Å². The number of rotatable bonds is 3. The smallest absolute Gasteiger partial charge is 0.234 e. The van der Waals surface area contributed by atoms with E-state index in [1.54, 1.807) is 6.20 Å². The molecule has 0 aromatic carbocycles. The fourth-order valence-electron chi connectivity index (χ4n) is 2.96. The molecule has 3 aromatic heterocycles. The van der Waals surface area contributed by atoms with Crippen LogP contribution in [0.4, 0.5) is 0 Å². The topological polar surface area (TPSA) is 112 Å². The van der Waals surface area contributed by atoms with Crippen LogP contribution in [0.2, 0.25) is 0 Å². The van der Waals surface area contributed by atoms with E-state index in [0.717, 1.165) is 35.5 Å². The van der Waals surface area contributed by atoms with Gasteiger partial charge < -0.3 is 10.3 Å². The maximum atomic E-state index is 11.4. The zero-order valence-corrected chi connectivity index (χ0v) is 11.7. The van der Waals surface area contributed by atoms with Gasteiger partial charge in [-0.05, 0) is 18.9 Å². The highest BCUT2D eigenvalue weighted by molar-refractivity contribution is 5.78. The van der Waals surface area contributed by atoms with Crippen LogP contribution in [0.25, 0.3) is 16.8 Å². The lowest BCUT2D eigenvalue weighted by Crippen LogP contribution is -2.43. The monoisotopic (exact) mass is 295 g/mol. The Hall–Kier alpha value is -2.95. The number of nitrogens with zero attached hydrogens (tertiary/aromatic N) is 5. The van der Waals surface area contributed by atoms with Crippen LogP contribution in [-0.4, -0.2) is 36.5 Å². The van der Waals surface area contributed by atoms with Gasteiger partial charge in [0.25, 0.3) is 0 Å². The minimum atomic E-state index is -0.214. The second kappa shape index (κ2) is 4.80. The van der Waals surface area contributed by atoms with Crippen LogP contribution in [0.3, 0.4) is 0 Å². The zero-order valence-electron chi connectivity index (χ0n) is 11.7. The van der Waals surface area contributed by atoms with Crippen molar-refractivity contribution < 1.29 is 4.79 Å². The average molecular weight is 295 g/mol. The molecule has 110 valence electrons. The molecule has 1 saturated carbocycles. The Bertz CT molecular complexity index is 897. The second-order valence-electron chi connectivity index (χ2n) is 5.49. The molecule has 8 heteroatoms. The van der Waals surface area contributed by atoms with E-state index in [0.29, 0.717) is 0 Å². The summed E-state index contributed by atoms with van der Waals surface area (Å²) in [5.74, 6) is 0.935. The van der Waals surface area contributed by atoms with Crippen molar-refractivity contribution in [1.29, 1.82) is 5.26 Å². The van der Waals surface area contributed by atoms with Crippen LogP contribution >= 0.6 is 0 Å². The summed E-state index contributed by atoms with van der Waals surface area (Å²) in [6.07, 6.45) is 5.07. The second-order valence-corrected chi connectivity index (χ2v) is 5.49. The SMILES string of the molecule is N#CCC(=O)N[C@H]1C[C@@H](c2nnc3cnc4[nH]ccc4n32)C1. The summed E-state index contributed by atoms with van der Waals surface area (Å²) in [7, 11) is 0. The molecule has 0 radical (unpaired) electrons. The van der Waals surface area contributed by atoms with Crippen LogP contribution in [0.15, 0.2) is 18.5 Å². The first-order valence-corrected chi connectivity index (χ1v) is 7.09. The van der Waals surface area contributed by atoms with Crippen LogP contribution in [-0.2, 0) is 4.79 Å². The van der Waals surface area contributed by atoms with Crippen molar-refractivity contribution in [2.24, 2.45) is 0 Å². The number of hydrogen-bond acceptors (Lipinski definition) is 5. The Kier molecular flexibility index (Phi) is 2.79. The summed E-state index contributed by atoms with van der Waals surface area (Å²) in [6, 6.07) is 3.92. The minimum absolute atomic E-state index is 0.0926. The highest BCUT2D eigenvalue weighted by Gasteiger charge is 2.34. The van der Waals surface area contributed by atoms with Gasteiger partial charge in [-0.15, -0.1) is 10.2 Å². The number of hydrogen-bond donors (Lipinski definition) is 2. The molecule has 0 atom stereocenters. The number of aromatic amines is 1. The third kappa shape index (κ3) is 1.90. The van der Waals surface area contributed by atoms with Gasteiger partial charge in [-0.2, -0.15) is 5.26 Å². The first kappa shape index (κ1) is 12.8. The van der Waals surface area contributed by atoms with Crippen molar-refractivity contribution in [2.45, 2.75) is 31.2 Å². The lowest BCUT2D eigenvalue weighted by atomic mass is 9.79. The normalized spacial score (nSPS) is 20.7. The first-order valence-electron chi connectivity index (χ1n) is 7.09. The quantitative estimate of drug-likeness (QED) is 0.745. The molecule has 1 aliphatic carbocycles. The van der Waals surface area contributed by atoms with E-state index in [2.05, 4.69) is 25.5 Å². The molecule has 0 bridgehead atoms. The number of H-pyrrole nitrogens is 1. The third-order valence-electron chi connectivity index (χ3n) is 4.07. The summed E-state index contributed by atoms with van der Waals surface area (Å²) in [6.45, 7) is 0. The van der Waals surface area contributed by atoms with Crippen molar-refractivity contribution in [3.63, 3.8) is 0 Å². The van der Waals surface area contributed by atoms with Crippen LogP contribution in [0.1, 0.15) is 31.0 Å². The largest absolute Gasteiger partial charge is 0.352 e. The van der Waals surface area contributed by atoms with Gasteiger partial charge in [0.2, 0.25) is 5.91 Å². The number of carbonyl (C=O) groups is 1. The summed E-state index contributed by atoms with van der Waals surface area (Å²) in [5, 5.41) is 19.8. The van der Waals surface area contributed by atoms with E-state index >= 15 is 0 Å². The summed E-state index contributed by atoms with van der Waals surface area (Å²) in [5.41, 5.74) is 2.47. The van der Waals surface area contributed by atoms with Gasteiger partial charge in [0, 0.05) is 18.2 Å². The Morgan fingerprint density at radius 3 is 3.18 bits per heavy atom. The number of fused-ring (bicyclic) bond motifs is 3. The maximum absolute atomic E-state index is 11.4. The van der Waals surface area contributed by atoms with E-state index in [9.17, 15) is 4.79 Å². The molecule has 1 amide bonds. The number of carbonyl (C=O) groups excluding carboxylic acids is 1. The highest BCUT2D eigenvalue weighted by atomic mass is 16.1. The lowest BCUT2D eigenvalue weighted by Gasteiger charge is -2.34. The van der Waals surface area contributed by atoms with Gasteiger partial charge in [-0.3, -0.25) is 9.20 Å². The fraction of sp³-hybridized carbons (Fsp3) is 0.357. The van der Waals surface area contributed by atoms with E-state index < -0.39 is 0 Å². The Labute approximate surface area is 125 Å². The summed E-state index contributed by atoms with van der Waals surface area (Å²) in [4.78, 5) is 18.8. The molecule has 0 unspecified atom stereocenters. The Morgan fingerprint density at radius 1 is 1.50 bits per heavy atom. The van der Waals surface area contributed by atoms with Crippen LogP contribution in [0.5, 0.6) is 0 Å². The molecule has 0 aliphatic heterocycles. The van der Waals surface area contributed by atoms with E-state index in [1.165, 1.54) is 0 Å². The lowest BCUT2D eigenvalue weighted by molar-refractivity contribution is -0.121.